The maximum Gasteiger partial charge on any atom is 0.119 e. The van der Waals surface area contributed by atoms with Crippen LogP contribution in [0.5, 0.6) is 5.75 Å². The summed E-state index contributed by atoms with van der Waals surface area (Å²) in [7, 11) is 0. The Labute approximate surface area is 146 Å². The fourth-order valence-corrected chi connectivity index (χ4v) is 4.96. The lowest BCUT2D eigenvalue weighted by molar-refractivity contribution is -0.0459. The lowest BCUT2D eigenvalue weighted by atomic mass is 9.71. The Kier molecular flexibility index (Phi) is 4.98. The monoisotopic (exact) mass is 329 g/mol. The smallest absolute Gasteiger partial charge is 0.119 e. The first-order valence-corrected chi connectivity index (χ1v) is 10.0. The largest absolute Gasteiger partial charge is 0.494 e. The van der Waals surface area contributed by atoms with Gasteiger partial charge in [0.25, 0.3) is 0 Å². The number of hydrogen-bond acceptors (Lipinski definition) is 3. The van der Waals surface area contributed by atoms with Gasteiger partial charge in [0, 0.05) is 29.8 Å². The quantitative estimate of drug-likeness (QED) is 0.811. The highest BCUT2D eigenvalue weighted by molar-refractivity contribution is 5.58. The van der Waals surface area contributed by atoms with Crippen LogP contribution in [0.3, 0.4) is 0 Å². The van der Waals surface area contributed by atoms with Crippen LogP contribution in [0.2, 0.25) is 0 Å². The SMILES string of the molecule is CCCOc1ccc2c(c1)[C@H]1OCCC[C@H]1C(C1CCCCC1)N2. The molecule has 1 aromatic carbocycles. The van der Waals surface area contributed by atoms with Gasteiger partial charge in [0.05, 0.1) is 12.7 Å². The second kappa shape index (κ2) is 7.35. The van der Waals surface area contributed by atoms with Gasteiger partial charge in [-0.05, 0) is 56.2 Å². The van der Waals surface area contributed by atoms with Gasteiger partial charge in [-0.2, -0.15) is 0 Å². The van der Waals surface area contributed by atoms with Crippen LogP contribution in [0.25, 0.3) is 0 Å². The van der Waals surface area contributed by atoms with Crippen molar-refractivity contribution >= 4 is 5.69 Å². The molecule has 1 aliphatic carbocycles. The van der Waals surface area contributed by atoms with Crippen LogP contribution in [0.4, 0.5) is 5.69 Å². The number of hydrogen-bond donors (Lipinski definition) is 1. The first-order chi connectivity index (χ1) is 11.9. The Bertz CT molecular complexity index is 553. The number of ether oxygens (including phenoxy) is 2. The Balaban J connectivity index is 1.61. The van der Waals surface area contributed by atoms with Gasteiger partial charge in [-0.15, -0.1) is 0 Å². The normalized spacial score (nSPS) is 30.1. The number of anilines is 1. The molecule has 0 spiro atoms. The maximum absolute atomic E-state index is 6.29. The van der Waals surface area contributed by atoms with Crippen LogP contribution in [0.1, 0.15) is 70.0 Å². The molecule has 2 aliphatic heterocycles. The number of benzene rings is 1. The fraction of sp³-hybridized carbons (Fsp3) is 0.714. The lowest BCUT2D eigenvalue weighted by Crippen LogP contribution is -2.46. The van der Waals surface area contributed by atoms with Crippen molar-refractivity contribution in [2.45, 2.75) is 70.4 Å². The Morgan fingerprint density at radius 2 is 2.00 bits per heavy atom. The predicted octanol–water partition coefficient (Wildman–Crippen LogP) is 5.32. The third-order valence-corrected chi connectivity index (χ3v) is 6.11. The maximum atomic E-state index is 6.29. The van der Waals surface area contributed by atoms with Crippen molar-refractivity contribution in [1.82, 2.24) is 0 Å². The summed E-state index contributed by atoms with van der Waals surface area (Å²) in [5.41, 5.74) is 2.60. The van der Waals surface area contributed by atoms with Gasteiger partial charge >= 0.3 is 0 Å². The summed E-state index contributed by atoms with van der Waals surface area (Å²) < 4.78 is 12.2. The molecule has 3 heteroatoms. The van der Waals surface area contributed by atoms with Crippen molar-refractivity contribution in [3.63, 3.8) is 0 Å². The number of rotatable bonds is 4. The highest BCUT2D eigenvalue weighted by atomic mass is 16.5. The topological polar surface area (TPSA) is 30.5 Å². The molecule has 24 heavy (non-hydrogen) atoms. The van der Waals surface area contributed by atoms with Gasteiger partial charge in [0.15, 0.2) is 0 Å². The van der Waals surface area contributed by atoms with E-state index in [1.807, 2.05) is 0 Å². The van der Waals surface area contributed by atoms with Gasteiger partial charge in [-0.3, -0.25) is 0 Å². The third kappa shape index (κ3) is 3.15. The van der Waals surface area contributed by atoms with E-state index < -0.39 is 0 Å². The van der Waals surface area contributed by atoms with E-state index in [2.05, 4.69) is 30.4 Å². The Morgan fingerprint density at radius 1 is 1.12 bits per heavy atom. The molecule has 1 saturated heterocycles. The van der Waals surface area contributed by atoms with E-state index >= 15 is 0 Å². The summed E-state index contributed by atoms with van der Waals surface area (Å²) >= 11 is 0. The standard InChI is InChI=1S/C21H31NO2/c1-2-12-23-16-10-11-19-18(14-16)21-17(9-6-13-24-21)20(22-19)15-7-4-3-5-8-15/h10-11,14-15,17,20-22H,2-9,12-13H2,1H3/t17-,20?,21-/m0/s1. The summed E-state index contributed by atoms with van der Waals surface area (Å²) in [4.78, 5) is 0. The molecule has 3 nitrogen and oxygen atoms in total. The summed E-state index contributed by atoms with van der Waals surface area (Å²) in [6.07, 6.45) is 10.8. The summed E-state index contributed by atoms with van der Waals surface area (Å²) in [5, 5.41) is 3.91. The minimum atomic E-state index is 0.257. The first-order valence-electron chi connectivity index (χ1n) is 10.0. The molecule has 0 aromatic heterocycles. The van der Waals surface area contributed by atoms with Crippen molar-refractivity contribution < 1.29 is 9.47 Å². The molecule has 0 bridgehead atoms. The van der Waals surface area contributed by atoms with Crippen LogP contribution < -0.4 is 10.1 Å². The average Bonchev–Trinajstić information content (AvgIpc) is 2.66. The van der Waals surface area contributed by atoms with E-state index in [1.54, 1.807) is 0 Å². The summed E-state index contributed by atoms with van der Waals surface area (Å²) in [5.74, 6) is 2.43. The highest BCUT2D eigenvalue weighted by Gasteiger charge is 2.42. The summed E-state index contributed by atoms with van der Waals surface area (Å²) in [6, 6.07) is 7.14. The van der Waals surface area contributed by atoms with Crippen molar-refractivity contribution in [3.8, 4) is 5.75 Å². The molecule has 3 aliphatic rings. The molecule has 0 radical (unpaired) electrons. The van der Waals surface area contributed by atoms with E-state index in [4.69, 9.17) is 9.47 Å². The second-order valence-corrected chi connectivity index (χ2v) is 7.76. The van der Waals surface area contributed by atoms with Gasteiger partial charge in [0.2, 0.25) is 0 Å². The van der Waals surface area contributed by atoms with Crippen LogP contribution in [-0.4, -0.2) is 19.3 Å². The van der Waals surface area contributed by atoms with Crippen molar-refractivity contribution in [3.05, 3.63) is 23.8 Å². The lowest BCUT2D eigenvalue weighted by Gasteiger charge is -2.47. The zero-order valence-electron chi connectivity index (χ0n) is 14.9. The van der Waals surface area contributed by atoms with Crippen LogP contribution >= 0.6 is 0 Å². The molecule has 3 atom stereocenters. The zero-order chi connectivity index (χ0) is 16.4. The van der Waals surface area contributed by atoms with E-state index in [9.17, 15) is 0 Å². The van der Waals surface area contributed by atoms with Crippen LogP contribution in [0, 0.1) is 11.8 Å². The van der Waals surface area contributed by atoms with Crippen molar-refractivity contribution in [2.24, 2.45) is 11.8 Å². The Hall–Kier alpha value is -1.22. The average molecular weight is 329 g/mol. The molecular formula is C21H31NO2. The third-order valence-electron chi connectivity index (χ3n) is 6.11. The van der Waals surface area contributed by atoms with E-state index in [-0.39, 0.29) is 6.10 Å². The Morgan fingerprint density at radius 3 is 2.83 bits per heavy atom. The fourth-order valence-electron chi connectivity index (χ4n) is 4.96. The van der Waals surface area contributed by atoms with Crippen LogP contribution in [-0.2, 0) is 4.74 Å². The molecule has 1 aromatic rings. The number of nitrogens with one attached hydrogen (secondary N) is 1. The van der Waals surface area contributed by atoms with Crippen molar-refractivity contribution in [1.29, 1.82) is 0 Å². The molecule has 2 heterocycles. The highest BCUT2D eigenvalue weighted by Crippen LogP contribution is 2.48. The van der Waals surface area contributed by atoms with Crippen LogP contribution in [0.15, 0.2) is 18.2 Å². The van der Waals surface area contributed by atoms with Crippen molar-refractivity contribution in [2.75, 3.05) is 18.5 Å². The zero-order valence-corrected chi connectivity index (χ0v) is 14.9. The van der Waals surface area contributed by atoms with Gasteiger partial charge in [-0.1, -0.05) is 26.2 Å². The molecule has 0 amide bonds. The van der Waals surface area contributed by atoms with E-state index in [0.717, 1.165) is 31.3 Å². The van der Waals surface area contributed by atoms with Gasteiger partial charge < -0.3 is 14.8 Å². The van der Waals surface area contributed by atoms with Gasteiger partial charge in [-0.25, -0.2) is 0 Å². The molecule has 4 rings (SSSR count). The van der Waals surface area contributed by atoms with Gasteiger partial charge in [0.1, 0.15) is 5.75 Å². The molecular weight excluding hydrogens is 298 g/mol. The molecule has 132 valence electrons. The molecule has 1 saturated carbocycles. The summed E-state index contributed by atoms with van der Waals surface area (Å²) in [6.45, 7) is 3.83. The second-order valence-electron chi connectivity index (χ2n) is 7.76. The minimum absolute atomic E-state index is 0.257. The predicted molar refractivity (Wildman–Crippen MR) is 97.6 cm³/mol. The molecule has 2 fully saturated rings. The van der Waals surface area contributed by atoms with E-state index in [1.165, 1.54) is 56.2 Å². The number of fused-ring (bicyclic) bond motifs is 3. The van der Waals surface area contributed by atoms with E-state index in [0.29, 0.717) is 12.0 Å². The minimum Gasteiger partial charge on any atom is -0.494 e. The molecule has 1 unspecified atom stereocenters. The first kappa shape index (κ1) is 16.3. The molecule has 1 N–H and O–H groups in total.